The van der Waals surface area contributed by atoms with Crippen LogP contribution < -0.4 is 5.69 Å². The first-order valence-corrected chi connectivity index (χ1v) is 12.4. The number of para-hydroxylation sites is 2. The van der Waals surface area contributed by atoms with Crippen molar-refractivity contribution in [3.63, 3.8) is 0 Å². The topological polar surface area (TPSA) is 71.0 Å². The number of thiophene rings is 1. The lowest BCUT2D eigenvalue weighted by Gasteiger charge is -2.33. The number of piperidine rings is 1. The highest BCUT2D eigenvalue weighted by molar-refractivity contribution is 7.13. The van der Waals surface area contributed by atoms with Crippen LogP contribution in [0, 0.1) is 6.92 Å². The third kappa shape index (κ3) is 3.53. The standard InChI is InChI=1S/C27H24N4O2S/c1-17-8-9-21-19(15-17)20(16-23(28-21)25-7-4-14-34-25)26(32)30-12-10-18(11-13-30)31-24-6-3-2-5-22(24)29-27(31)33/h2-9,14-16,18H,10-13H2,1H3,(H,29,33). The van der Waals surface area contributed by atoms with Crippen molar-refractivity contribution in [2.45, 2.75) is 25.8 Å². The monoisotopic (exact) mass is 468 g/mol. The molecule has 4 heterocycles. The van der Waals surface area contributed by atoms with Gasteiger partial charge < -0.3 is 9.88 Å². The molecule has 1 aliphatic rings. The van der Waals surface area contributed by atoms with Gasteiger partial charge in [0.2, 0.25) is 0 Å². The molecular formula is C27H24N4O2S. The van der Waals surface area contributed by atoms with Crippen LogP contribution in [-0.4, -0.2) is 38.4 Å². The molecule has 1 N–H and O–H groups in total. The number of imidazole rings is 1. The fourth-order valence-corrected chi connectivity index (χ4v) is 5.69. The number of amides is 1. The quantitative estimate of drug-likeness (QED) is 0.386. The fourth-order valence-electron chi connectivity index (χ4n) is 5.00. The summed E-state index contributed by atoms with van der Waals surface area (Å²) in [4.78, 5) is 37.1. The van der Waals surface area contributed by atoms with Gasteiger partial charge in [0.1, 0.15) is 0 Å². The predicted octanol–water partition coefficient (Wildman–Crippen LogP) is 5.39. The van der Waals surface area contributed by atoms with E-state index in [1.807, 2.05) is 82.4 Å². The van der Waals surface area contributed by atoms with E-state index in [9.17, 15) is 9.59 Å². The van der Waals surface area contributed by atoms with Gasteiger partial charge in [-0.3, -0.25) is 9.36 Å². The molecule has 5 aromatic rings. The summed E-state index contributed by atoms with van der Waals surface area (Å²) >= 11 is 1.62. The second-order valence-corrected chi connectivity index (χ2v) is 9.84. The van der Waals surface area contributed by atoms with E-state index in [1.54, 1.807) is 11.3 Å². The molecular weight excluding hydrogens is 444 g/mol. The number of aromatic nitrogens is 3. The molecule has 6 nitrogen and oxygen atoms in total. The number of likely N-dealkylation sites (tertiary alicyclic amines) is 1. The Bertz CT molecular complexity index is 1570. The van der Waals surface area contributed by atoms with Crippen LogP contribution in [-0.2, 0) is 0 Å². The zero-order valence-corrected chi connectivity index (χ0v) is 19.6. The lowest BCUT2D eigenvalue weighted by atomic mass is 10.0. The molecule has 2 aromatic carbocycles. The average molecular weight is 469 g/mol. The van der Waals surface area contributed by atoms with Crippen molar-refractivity contribution in [1.82, 2.24) is 19.4 Å². The Morgan fingerprint density at radius 2 is 1.88 bits per heavy atom. The normalized spacial score (nSPS) is 14.8. The van der Waals surface area contributed by atoms with E-state index in [0.29, 0.717) is 18.7 Å². The van der Waals surface area contributed by atoms with Crippen LogP contribution >= 0.6 is 11.3 Å². The smallest absolute Gasteiger partial charge is 0.326 e. The SMILES string of the molecule is Cc1ccc2nc(-c3cccs3)cc(C(=O)N3CCC(n4c(=O)[nH]c5ccccc54)CC3)c2c1. The average Bonchev–Trinajstić information content (AvgIpc) is 3.51. The lowest BCUT2D eigenvalue weighted by Crippen LogP contribution is -2.40. The maximum absolute atomic E-state index is 13.7. The second kappa shape index (κ2) is 8.25. The van der Waals surface area contributed by atoms with Gasteiger partial charge in [0, 0.05) is 24.5 Å². The first-order valence-electron chi connectivity index (χ1n) is 11.5. The summed E-state index contributed by atoms with van der Waals surface area (Å²) in [5.41, 5.74) is 5.15. The molecule has 170 valence electrons. The van der Waals surface area contributed by atoms with E-state index in [4.69, 9.17) is 4.98 Å². The largest absolute Gasteiger partial charge is 0.338 e. The summed E-state index contributed by atoms with van der Waals surface area (Å²) in [6, 6.07) is 19.9. The van der Waals surface area contributed by atoms with Gasteiger partial charge >= 0.3 is 5.69 Å². The number of aromatic amines is 1. The first-order chi connectivity index (χ1) is 16.6. The van der Waals surface area contributed by atoms with Crippen molar-refractivity contribution in [3.8, 4) is 10.6 Å². The summed E-state index contributed by atoms with van der Waals surface area (Å²) in [5, 5.41) is 2.91. The Labute approximate surface area is 200 Å². The van der Waals surface area contributed by atoms with Crippen LogP contribution in [0.15, 0.2) is 70.8 Å². The maximum atomic E-state index is 13.7. The number of carbonyl (C=O) groups excluding carboxylic acids is 1. The number of hydrogen-bond donors (Lipinski definition) is 1. The van der Waals surface area contributed by atoms with Gasteiger partial charge in [-0.1, -0.05) is 29.8 Å². The molecule has 0 saturated carbocycles. The summed E-state index contributed by atoms with van der Waals surface area (Å²) in [5.74, 6) is 0.0283. The minimum Gasteiger partial charge on any atom is -0.338 e. The number of rotatable bonds is 3. The molecule has 6 rings (SSSR count). The van der Waals surface area contributed by atoms with Crippen LogP contribution in [0.5, 0.6) is 0 Å². The molecule has 1 fully saturated rings. The molecule has 1 aliphatic heterocycles. The minimum atomic E-state index is -0.0813. The number of H-pyrrole nitrogens is 1. The number of nitrogens with one attached hydrogen (secondary N) is 1. The van der Waals surface area contributed by atoms with Gasteiger partial charge in [-0.2, -0.15) is 0 Å². The predicted molar refractivity (Wildman–Crippen MR) is 137 cm³/mol. The highest BCUT2D eigenvalue weighted by Crippen LogP contribution is 2.31. The third-order valence-electron chi connectivity index (χ3n) is 6.71. The maximum Gasteiger partial charge on any atom is 0.326 e. The highest BCUT2D eigenvalue weighted by Gasteiger charge is 2.28. The van der Waals surface area contributed by atoms with E-state index < -0.39 is 0 Å². The number of hydrogen-bond acceptors (Lipinski definition) is 4. The second-order valence-electron chi connectivity index (χ2n) is 8.89. The van der Waals surface area contributed by atoms with Crippen molar-refractivity contribution in [1.29, 1.82) is 0 Å². The zero-order chi connectivity index (χ0) is 23.2. The van der Waals surface area contributed by atoms with Crippen molar-refractivity contribution >= 4 is 39.2 Å². The molecule has 0 atom stereocenters. The van der Waals surface area contributed by atoms with Gasteiger partial charge in [0.05, 0.1) is 32.7 Å². The van der Waals surface area contributed by atoms with Gasteiger partial charge in [-0.05, 0) is 61.5 Å². The van der Waals surface area contributed by atoms with Crippen LogP contribution in [0.2, 0.25) is 0 Å². The van der Waals surface area contributed by atoms with Crippen LogP contribution in [0.3, 0.4) is 0 Å². The Kier molecular flexibility index (Phi) is 5.07. The molecule has 7 heteroatoms. The Morgan fingerprint density at radius 3 is 2.68 bits per heavy atom. The molecule has 0 unspecified atom stereocenters. The minimum absolute atomic E-state index is 0.0283. The molecule has 3 aromatic heterocycles. The van der Waals surface area contributed by atoms with Crippen molar-refractivity contribution in [2.75, 3.05) is 13.1 Å². The lowest BCUT2D eigenvalue weighted by molar-refractivity contribution is 0.0697. The van der Waals surface area contributed by atoms with Gasteiger partial charge in [0.25, 0.3) is 5.91 Å². The fraction of sp³-hybridized carbons (Fsp3) is 0.222. The Morgan fingerprint density at radius 1 is 1.06 bits per heavy atom. The van der Waals surface area contributed by atoms with Crippen molar-refractivity contribution < 1.29 is 4.79 Å². The van der Waals surface area contributed by atoms with Crippen LogP contribution in [0.25, 0.3) is 32.5 Å². The third-order valence-corrected chi connectivity index (χ3v) is 7.60. The van der Waals surface area contributed by atoms with Crippen LogP contribution in [0.1, 0.15) is 34.8 Å². The Hall–Kier alpha value is -3.71. The molecule has 0 spiro atoms. The van der Waals surface area contributed by atoms with Gasteiger partial charge in [-0.25, -0.2) is 9.78 Å². The van der Waals surface area contributed by atoms with E-state index >= 15 is 0 Å². The van der Waals surface area contributed by atoms with Crippen molar-refractivity contribution in [3.05, 3.63) is 87.7 Å². The summed E-state index contributed by atoms with van der Waals surface area (Å²) in [6.45, 7) is 3.25. The summed E-state index contributed by atoms with van der Waals surface area (Å²) in [6.07, 6.45) is 1.49. The Balaban J connectivity index is 1.31. The number of fused-ring (bicyclic) bond motifs is 2. The molecule has 34 heavy (non-hydrogen) atoms. The number of pyridine rings is 1. The van der Waals surface area contributed by atoms with Crippen molar-refractivity contribution in [2.24, 2.45) is 0 Å². The van der Waals surface area contributed by atoms with E-state index in [1.165, 1.54) is 0 Å². The van der Waals surface area contributed by atoms with E-state index in [2.05, 4.69) is 4.98 Å². The highest BCUT2D eigenvalue weighted by atomic mass is 32.1. The summed E-state index contributed by atoms with van der Waals surface area (Å²) in [7, 11) is 0. The zero-order valence-electron chi connectivity index (χ0n) is 18.8. The molecule has 0 aliphatic carbocycles. The number of aryl methyl sites for hydroxylation is 1. The van der Waals surface area contributed by atoms with E-state index in [-0.39, 0.29) is 17.6 Å². The van der Waals surface area contributed by atoms with E-state index in [0.717, 1.165) is 50.9 Å². The molecule has 1 saturated heterocycles. The first kappa shape index (κ1) is 20.9. The van der Waals surface area contributed by atoms with Gasteiger partial charge in [0.15, 0.2) is 0 Å². The molecule has 0 radical (unpaired) electrons. The molecule has 1 amide bonds. The summed E-state index contributed by atoms with van der Waals surface area (Å²) < 4.78 is 1.86. The number of carbonyl (C=O) groups is 1. The molecule has 0 bridgehead atoms. The van der Waals surface area contributed by atoms with Gasteiger partial charge in [-0.15, -0.1) is 11.3 Å². The van der Waals surface area contributed by atoms with Crippen LogP contribution in [0.4, 0.5) is 0 Å². The number of benzene rings is 2. The number of nitrogens with zero attached hydrogens (tertiary/aromatic N) is 3.